The molecule has 2 heteroatoms. The molecule has 0 N–H and O–H groups in total. The summed E-state index contributed by atoms with van der Waals surface area (Å²) in [5.41, 5.74) is 0. The molecule has 0 amide bonds. The molecule has 1 rings (SSSR count). The van der Waals surface area contributed by atoms with Crippen LogP contribution in [0.1, 0.15) is 26.7 Å². The van der Waals surface area contributed by atoms with Crippen molar-refractivity contribution >= 4 is 5.78 Å². The van der Waals surface area contributed by atoms with Gasteiger partial charge >= 0.3 is 0 Å². The number of ketones is 1. The molecule has 1 fully saturated rings. The lowest BCUT2D eigenvalue weighted by Crippen LogP contribution is -2.43. The van der Waals surface area contributed by atoms with Gasteiger partial charge in [0.15, 0.2) is 0 Å². The number of Topliss-reactive ketones (excluding diaryl/α,β-unsaturated/α-hetero) is 1. The molecule has 1 heterocycles. The van der Waals surface area contributed by atoms with E-state index in [9.17, 15) is 4.79 Å². The van der Waals surface area contributed by atoms with Crippen LogP contribution in [-0.2, 0) is 4.79 Å². The van der Waals surface area contributed by atoms with Crippen molar-refractivity contribution in [1.82, 2.24) is 4.90 Å². The highest BCUT2D eigenvalue weighted by atomic mass is 16.1. The lowest BCUT2D eigenvalue weighted by Gasteiger charge is -2.34. The topological polar surface area (TPSA) is 20.3 Å². The second kappa shape index (κ2) is 3.35. The molecular formula is C9H17NO. The first kappa shape index (κ1) is 8.72. The van der Waals surface area contributed by atoms with Gasteiger partial charge in [-0.25, -0.2) is 0 Å². The Bertz CT molecular complexity index is 156. The number of carbonyl (C=O) groups excluding carboxylic acids is 1. The first-order valence-electron chi connectivity index (χ1n) is 4.32. The van der Waals surface area contributed by atoms with Gasteiger partial charge < -0.3 is 0 Å². The van der Waals surface area contributed by atoms with Crippen LogP contribution >= 0.6 is 0 Å². The monoisotopic (exact) mass is 155 g/mol. The van der Waals surface area contributed by atoms with E-state index in [4.69, 9.17) is 0 Å². The van der Waals surface area contributed by atoms with Gasteiger partial charge in [0.25, 0.3) is 0 Å². The molecule has 0 radical (unpaired) electrons. The number of hydrogen-bond acceptors (Lipinski definition) is 2. The third-order valence-corrected chi connectivity index (χ3v) is 2.53. The highest BCUT2D eigenvalue weighted by Gasteiger charge is 2.25. The number of likely N-dealkylation sites (tertiary alicyclic amines) is 1. The molecule has 1 aliphatic rings. The number of hydrogen-bond donors (Lipinski definition) is 0. The summed E-state index contributed by atoms with van der Waals surface area (Å²) in [6.07, 6.45) is 2.25. The van der Waals surface area contributed by atoms with Crippen LogP contribution in [0, 0.1) is 5.92 Å². The summed E-state index contributed by atoms with van der Waals surface area (Å²) < 4.78 is 0. The lowest BCUT2D eigenvalue weighted by atomic mass is 9.93. The lowest BCUT2D eigenvalue weighted by molar-refractivity contribution is -0.123. The van der Waals surface area contributed by atoms with Crippen LogP contribution < -0.4 is 0 Å². The van der Waals surface area contributed by atoms with E-state index in [1.807, 2.05) is 7.05 Å². The first-order chi connectivity index (χ1) is 5.11. The van der Waals surface area contributed by atoms with Crippen molar-refractivity contribution in [2.75, 3.05) is 13.6 Å². The van der Waals surface area contributed by atoms with Crippen molar-refractivity contribution in [1.29, 1.82) is 0 Å². The van der Waals surface area contributed by atoms with Gasteiger partial charge in [-0.3, -0.25) is 9.69 Å². The molecule has 0 aliphatic carbocycles. The fourth-order valence-corrected chi connectivity index (χ4v) is 1.89. The minimum atomic E-state index is 0.200. The molecule has 1 saturated heterocycles. The van der Waals surface area contributed by atoms with Crippen LogP contribution in [0.4, 0.5) is 0 Å². The van der Waals surface area contributed by atoms with E-state index in [0.717, 1.165) is 18.9 Å². The zero-order chi connectivity index (χ0) is 8.43. The normalized spacial score (nSPS) is 33.7. The van der Waals surface area contributed by atoms with Gasteiger partial charge in [-0.1, -0.05) is 6.92 Å². The number of nitrogens with zero attached hydrogens (tertiary/aromatic N) is 1. The van der Waals surface area contributed by atoms with Crippen molar-refractivity contribution in [3.05, 3.63) is 0 Å². The Morgan fingerprint density at radius 1 is 1.45 bits per heavy atom. The van der Waals surface area contributed by atoms with E-state index in [0.29, 0.717) is 5.78 Å². The molecule has 11 heavy (non-hydrogen) atoms. The third-order valence-electron chi connectivity index (χ3n) is 2.53. The molecule has 0 bridgehead atoms. The zero-order valence-electron chi connectivity index (χ0n) is 7.63. The average molecular weight is 155 g/mol. The van der Waals surface area contributed by atoms with Crippen LogP contribution in [0.2, 0.25) is 0 Å². The largest absolute Gasteiger partial charge is 0.298 e. The van der Waals surface area contributed by atoms with E-state index in [2.05, 4.69) is 11.8 Å². The Balaban J connectivity index is 2.50. The van der Waals surface area contributed by atoms with Gasteiger partial charge in [0.2, 0.25) is 0 Å². The van der Waals surface area contributed by atoms with Crippen molar-refractivity contribution in [2.45, 2.75) is 32.7 Å². The van der Waals surface area contributed by atoms with Gasteiger partial charge in [-0.05, 0) is 32.7 Å². The molecule has 2 unspecified atom stereocenters. The minimum Gasteiger partial charge on any atom is -0.298 e. The van der Waals surface area contributed by atoms with Gasteiger partial charge in [0.05, 0.1) is 6.04 Å². The van der Waals surface area contributed by atoms with Crippen LogP contribution in [0.3, 0.4) is 0 Å². The summed E-state index contributed by atoms with van der Waals surface area (Å²) in [4.78, 5) is 13.3. The summed E-state index contributed by atoms with van der Waals surface area (Å²) in [5, 5.41) is 0. The highest BCUT2D eigenvalue weighted by molar-refractivity contribution is 5.81. The molecule has 0 aromatic carbocycles. The average Bonchev–Trinajstić information content (AvgIpc) is 1.85. The Labute approximate surface area is 68.6 Å². The van der Waals surface area contributed by atoms with Crippen LogP contribution in [0.5, 0.6) is 0 Å². The highest BCUT2D eigenvalue weighted by Crippen LogP contribution is 2.20. The SMILES string of the molecule is CC(=O)C1CCC(C)CN1C. The predicted molar refractivity (Wildman–Crippen MR) is 45.5 cm³/mol. The maximum Gasteiger partial charge on any atom is 0.146 e. The van der Waals surface area contributed by atoms with E-state index < -0.39 is 0 Å². The fraction of sp³-hybridized carbons (Fsp3) is 0.889. The van der Waals surface area contributed by atoms with Crippen molar-refractivity contribution in [3.8, 4) is 0 Å². The molecule has 1 aliphatic heterocycles. The summed E-state index contributed by atoms with van der Waals surface area (Å²) in [6, 6.07) is 0.200. The molecule has 2 atom stereocenters. The van der Waals surface area contributed by atoms with Crippen molar-refractivity contribution in [3.63, 3.8) is 0 Å². The maximum atomic E-state index is 11.1. The van der Waals surface area contributed by atoms with Gasteiger partial charge in [0, 0.05) is 6.54 Å². The van der Waals surface area contributed by atoms with Gasteiger partial charge in [-0.15, -0.1) is 0 Å². The maximum absolute atomic E-state index is 11.1. The molecule has 0 aromatic rings. The smallest absolute Gasteiger partial charge is 0.146 e. The quantitative estimate of drug-likeness (QED) is 0.569. The van der Waals surface area contributed by atoms with E-state index in [-0.39, 0.29) is 6.04 Å². The van der Waals surface area contributed by atoms with E-state index >= 15 is 0 Å². The van der Waals surface area contributed by atoms with Crippen molar-refractivity contribution in [2.24, 2.45) is 5.92 Å². The molecular weight excluding hydrogens is 138 g/mol. The number of piperidine rings is 1. The van der Waals surface area contributed by atoms with Crippen LogP contribution in [-0.4, -0.2) is 30.3 Å². The number of likely N-dealkylation sites (N-methyl/N-ethyl adjacent to an activating group) is 1. The predicted octanol–water partition coefficient (Wildman–Crippen LogP) is 1.31. The molecule has 0 aromatic heterocycles. The molecule has 0 saturated carbocycles. The van der Waals surface area contributed by atoms with Crippen LogP contribution in [0.25, 0.3) is 0 Å². The summed E-state index contributed by atoms with van der Waals surface area (Å²) in [7, 11) is 2.04. The second-order valence-electron chi connectivity index (χ2n) is 3.75. The second-order valence-corrected chi connectivity index (χ2v) is 3.75. The van der Waals surface area contributed by atoms with Crippen molar-refractivity contribution < 1.29 is 4.79 Å². The minimum absolute atomic E-state index is 0.200. The van der Waals surface area contributed by atoms with Gasteiger partial charge in [0.1, 0.15) is 5.78 Å². The zero-order valence-corrected chi connectivity index (χ0v) is 7.63. The third kappa shape index (κ3) is 2.03. The summed E-state index contributed by atoms with van der Waals surface area (Å²) in [5.74, 6) is 1.08. The molecule has 0 spiro atoms. The Hall–Kier alpha value is -0.370. The summed E-state index contributed by atoms with van der Waals surface area (Å²) >= 11 is 0. The first-order valence-corrected chi connectivity index (χ1v) is 4.32. The number of carbonyl (C=O) groups is 1. The Kier molecular flexibility index (Phi) is 2.66. The Morgan fingerprint density at radius 3 is 2.55 bits per heavy atom. The fourth-order valence-electron chi connectivity index (χ4n) is 1.89. The molecule has 64 valence electrons. The van der Waals surface area contributed by atoms with Crippen LogP contribution in [0.15, 0.2) is 0 Å². The van der Waals surface area contributed by atoms with Gasteiger partial charge in [-0.2, -0.15) is 0 Å². The summed E-state index contributed by atoms with van der Waals surface area (Å²) in [6.45, 7) is 5.01. The van der Waals surface area contributed by atoms with E-state index in [1.165, 1.54) is 6.42 Å². The van der Waals surface area contributed by atoms with E-state index in [1.54, 1.807) is 6.92 Å². The standard InChI is InChI=1S/C9H17NO/c1-7-4-5-9(8(2)11)10(3)6-7/h7,9H,4-6H2,1-3H3. The number of rotatable bonds is 1. The molecule has 2 nitrogen and oxygen atoms in total. The Morgan fingerprint density at radius 2 is 2.09 bits per heavy atom.